The first-order chi connectivity index (χ1) is 9.70. The second-order valence-corrected chi connectivity index (χ2v) is 6.97. The van der Waals surface area contributed by atoms with Crippen LogP contribution in [-0.2, 0) is 0 Å². The van der Waals surface area contributed by atoms with Crippen LogP contribution in [0.3, 0.4) is 0 Å². The number of aliphatic hydroxyl groups excluding tert-OH is 1. The van der Waals surface area contributed by atoms with Gasteiger partial charge < -0.3 is 15.3 Å². The summed E-state index contributed by atoms with van der Waals surface area (Å²) in [6, 6.07) is 0.703. The van der Waals surface area contributed by atoms with Crippen LogP contribution in [-0.4, -0.2) is 48.3 Å². The molecule has 0 radical (unpaired) electrons. The van der Waals surface area contributed by atoms with E-state index in [4.69, 9.17) is 0 Å². The average molecular weight is 282 g/mol. The van der Waals surface area contributed by atoms with Gasteiger partial charge in [-0.25, -0.2) is 0 Å². The topological polar surface area (TPSA) is 35.5 Å². The van der Waals surface area contributed by atoms with Crippen molar-refractivity contribution in [2.45, 2.75) is 70.9 Å². The van der Waals surface area contributed by atoms with E-state index in [-0.39, 0.29) is 6.10 Å². The molecule has 4 unspecified atom stereocenters. The fourth-order valence-corrected chi connectivity index (χ4v) is 4.00. The monoisotopic (exact) mass is 282 g/mol. The highest BCUT2D eigenvalue weighted by atomic mass is 16.3. The SMILES string of the molecule is CCN1CCC(NCCCC2CCCCC2O)C(C)C1. The Balaban J connectivity index is 1.59. The van der Waals surface area contributed by atoms with Crippen molar-refractivity contribution >= 4 is 0 Å². The summed E-state index contributed by atoms with van der Waals surface area (Å²) in [5.41, 5.74) is 0. The van der Waals surface area contributed by atoms with Gasteiger partial charge in [-0.3, -0.25) is 0 Å². The van der Waals surface area contributed by atoms with Crippen LogP contribution < -0.4 is 5.32 Å². The molecule has 1 aliphatic carbocycles. The Labute approximate surface area is 125 Å². The third-order valence-electron chi connectivity index (χ3n) is 5.46. The number of likely N-dealkylation sites (tertiary alicyclic amines) is 1. The van der Waals surface area contributed by atoms with Crippen molar-refractivity contribution in [2.75, 3.05) is 26.2 Å². The predicted octanol–water partition coefficient (Wildman–Crippen LogP) is 2.64. The van der Waals surface area contributed by atoms with E-state index in [0.29, 0.717) is 12.0 Å². The van der Waals surface area contributed by atoms with E-state index in [9.17, 15) is 5.11 Å². The number of rotatable bonds is 6. The van der Waals surface area contributed by atoms with Crippen molar-refractivity contribution in [1.29, 1.82) is 0 Å². The highest BCUT2D eigenvalue weighted by Crippen LogP contribution is 2.27. The summed E-state index contributed by atoms with van der Waals surface area (Å²) in [5.74, 6) is 1.34. The summed E-state index contributed by atoms with van der Waals surface area (Å²) in [4.78, 5) is 2.56. The Bertz CT molecular complexity index is 272. The first kappa shape index (κ1) is 16.3. The van der Waals surface area contributed by atoms with E-state index in [2.05, 4.69) is 24.1 Å². The van der Waals surface area contributed by atoms with Crippen LogP contribution in [0.25, 0.3) is 0 Å². The summed E-state index contributed by atoms with van der Waals surface area (Å²) < 4.78 is 0. The van der Waals surface area contributed by atoms with Crippen molar-refractivity contribution in [3.63, 3.8) is 0 Å². The predicted molar refractivity (Wildman–Crippen MR) is 84.9 cm³/mol. The van der Waals surface area contributed by atoms with Crippen molar-refractivity contribution in [1.82, 2.24) is 10.2 Å². The van der Waals surface area contributed by atoms with Crippen LogP contribution in [0.15, 0.2) is 0 Å². The van der Waals surface area contributed by atoms with Gasteiger partial charge in [-0.2, -0.15) is 0 Å². The molecule has 0 amide bonds. The molecule has 118 valence electrons. The van der Waals surface area contributed by atoms with E-state index < -0.39 is 0 Å². The van der Waals surface area contributed by atoms with Gasteiger partial charge in [0.1, 0.15) is 0 Å². The zero-order valence-corrected chi connectivity index (χ0v) is 13.5. The number of aliphatic hydroxyl groups is 1. The average Bonchev–Trinajstić information content (AvgIpc) is 2.46. The van der Waals surface area contributed by atoms with Crippen molar-refractivity contribution in [3.05, 3.63) is 0 Å². The van der Waals surface area contributed by atoms with Gasteiger partial charge in [0, 0.05) is 12.6 Å². The zero-order chi connectivity index (χ0) is 14.4. The number of nitrogens with zero attached hydrogens (tertiary/aromatic N) is 1. The fraction of sp³-hybridized carbons (Fsp3) is 1.00. The Hall–Kier alpha value is -0.120. The fourth-order valence-electron chi connectivity index (χ4n) is 4.00. The molecule has 1 saturated heterocycles. The molecule has 3 nitrogen and oxygen atoms in total. The molecule has 3 heteroatoms. The molecule has 4 atom stereocenters. The summed E-state index contributed by atoms with van der Waals surface area (Å²) in [7, 11) is 0. The van der Waals surface area contributed by atoms with Gasteiger partial charge in [0.15, 0.2) is 0 Å². The summed E-state index contributed by atoms with van der Waals surface area (Å²) in [5, 5.41) is 13.8. The van der Waals surface area contributed by atoms with E-state index >= 15 is 0 Å². The van der Waals surface area contributed by atoms with Gasteiger partial charge >= 0.3 is 0 Å². The van der Waals surface area contributed by atoms with Gasteiger partial charge in [0.05, 0.1) is 6.10 Å². The van der Waals surface area contributed by atoms with Crippen molar-refractivity contribution in [3.8, 4) is 0 Å². The highest BCUT2D eigenvalue weighted by molar-refractivity contribution is 4.82. The second-order valence-electron chi connectivity index (χ2n) is 6.97. The van der Waals surface area contributed by atoms with Crippen molar-refractivity contribution < 1.29 is 5.11 Å². The minimum absolute atomic E-state index is 0.0181. The largest absolute Gasteiger partial charge is 0.393 e. The molecule has 1 heterocycles. The maximum absolute atomic E-state index is 9.99. The highest BCUT2D eigenvalue weighted by Gasteiger charge is 2.25. The van der Waals surface area contributed by atoms with E-state index in [1.807, 2.05) is 0 Å². The molecule has 2 aliphatic rings. The van der Waals surface area contributed by atoms with Gasteiger partial charge in [-0.1, -0.05) is 26.7 Å². The Morgan fingerprint density at radius 3 is 2.70 bits per heavy atom. The molecule has 1 aliphatic heterocycles. The first-order valence-corrected chi connectivity index (χ1v) is 8.84. The molecule has 0 spiro atoms. The lowest BCUT2D eigenvalue weighted by molar-refractivity contribution is 0.0638. The van der Waals surface area contributed by atoms with Crippen molar-refractivity contribution in [2.24, 2.45) is 11.8 Å². The van der Waals surface area contributed by atoms with Crippen LogP contribution in [0.5, 0.6) is 0 Å². The molecule has 2 N–H and O–H groups in total. The van der Waals surface area contributed by atoms with Crippen LogP contribution in [0.4, 0.5) is 0 Å². The summed E-state index contributed by atoms with van der Waals surface area (Å²) >= 11 is 0. The Morgan fingerprint density at radius 1 is 1.20 bits per heavy atom. The molecule has 0 aromatic heterocycles. The van der Waals surface area contributed by atoms with E-state index in [1.165, 1.54) is 58.2 Å². The molecule has 0 bridgehead atoms. The molecule has 1 saturated carbocycles. The summed E-state index contributed by atoms with van der Waals surface area (Å²) in [6.45, 7) is 9.46. The molecule has 20 heavy (non-hydrogen) atoms. The van der Waals surface area contributed by atoms with Gasteiger partial charge in [0.25, 0.3) is 0 Å². The lowest BCUT2D eigenvalue weighted by Gasteiger charge is -2.37. The van der Waals surface area contributed by atoms with Crippen LogP contribution >= 0.6 is 0 Å². The van der Waals surface area contributed by atoms with E-state index in [0.717, 1.165) is 18.9 Å². The molecule has 0 aromatic carbocycles. The van der Waals surface area contributed by atoms with Gasteiger partial charge in [-0.15, -0.1) is 0 Å². The molecular weight excluding hydrogens is 248 g/mol. The summed E-state index contributed by atoms with van der Waals surface area (Å²) in [6.07, 6.45) is 8.53. The minimum Gasteiger partial charge on any atom is -0.393 e. The maximum atomic E-state index is 9.99. The third kappa shape index (κ3) is 4.71. The second kappa shape index (κ2) is 8.35. The smallest absolute Gasteiger partial charge is 0.0568 e. The van der Waals surface area contributed by atoms with Crippen LogP contribution in [0, 0.1) is 11.8 Å². The van der Waals surface area contributed by atoms with Gasteiger partial charge in [0.2, 0.25) is 0 Å². The maximum Gasteiger partial charge on any atom is 0.0568 e. The number of hydrogen-bond donors (Lipinski definition) is 2. The zero-order valence-electron chi connectivity index (χ0n) is 13.5. The van der Waals surface area contributed by atoms with Crippen LogP contribution in [0.2, 0.25) is 0 Å². The number of nitrogens with one attached hydrogen (secondary N) is 1. The van der Waals surface area contributed by atoms with Gasteiger partial charge in [-0.05, 0) is 63.6 Å². The number of hydrogen-bond acceptors (Lipinski definition) is 3. The lowest BCUT2D eigenvalue weighted by Crippen LogP contribution is -2.48. The third-order valence-corrected chi connectivity index (χ3v) is 5.46. The normalized spacial score (nSPS) is 36.1. The van der Waals surface area contributed by atoms with Crippen LogP contribution in [0.1, 0.15) is 58.8 Å². The Morgan fingerprint density at radius 2 is 2.00 bits per heavy atom. The molecular formula is C17H34N2O. The molecule has 0 aromatic rings. The molecule has 2 fully saturated rings. The number of piperidine rings is 1. The first-order valence-electron chi connectivity index (χ1n) is 8.84. The quantitative estimate of drug-likeness (QED) is 0.735. The molecule has 2 rings (SSSR count). The standard InChI is InChI=1S/C17H34N2O/c1-3-19-12-10-16(14(2)13-19)18-11-6-8-15-7-4-5-9-17(15)20/h14-18,20H,3-13H2,1-2H3. The van der Waals surface area contributed by atoms with E-state index in [1.54, 1.807) is 0 Å². The minimum atomic E-state index is -0.0181. The Kier molecular flexibility index (Phi) is 6.79. The lowest BCUT2D eigenvalue weighted by atomic mass is 9.83.